The van der Waals surface area contributed by atoms with E-state index in [9.17, 15) is 4.79 Å². The molecule has 2 aromatic rings. The molecule has 0 amide bonds. The molecule has 1 heterocycles. The van der Waals surface area contributed by atoms with Gasteiger partial charge in [0.1, 0.15) is 5.58 Å². The highest BCUT2D eigenvalue weighted by Gasteiger charge is 2.22. The molecule has 1 aliphatic carbocycles. The summed E-state index contributed by atoms with van der Waals surface area (Å²) in [5.74, 6) is 0.635. The van der Waals surface area contributed by atoms with E-state index in [-0.39, 0.29) is 5.63 Å². The first-order chi connectivity index (χ1) is 11.6. The van der Waals surface area contributed by atoms with Crippen molar-refractivity contribution >= 4 is 22.3 Å². The van der Waals surface area contributed by atoms with Crippen molar-refractivity contribution in [1.82, 2.24) is 0 Å². The van der Waals surface area contributed by atoms with E-state index in [0.29, 0.717) is 17.5 Å². The second-order valence-corrected chi connectivity index (χ2v) is 6.84. The lowest BCUT2D eigenvalue weighted by Gasteiger charge is -2.30. The van der Waals surface area contributed by atoms with E-state index in [1.807, 2.05) is 6.07 Å². The fraction of sp³-hybridized carbons (Fsp3) is 0.550. The molecule has 4 heteroatoms. The third-order valence-corrected chi connectivity index (χ3v) is 5.31. The summed E-state index contributed by atoms with van der Waals surface area (Å²) < 4.78 is 5.48. The molecule has 0 bridgehead atoms. The Morgan fingerprint density at radius 2 is 1.92 bits per heavy atom. The first kappa shape index (κ1) is 16.9. The molecule has 1 aliphatic rings. The molecule has 1 fully saturated rings. The van der Waals surface area contributed by atoms with Gasteiger partial charge in [0.2, 0.25) is 0 Å². The zero-order chi connectivity index (χ0) is 17.1. The van der Waals surface area contributed by atoms with Crippen LogP contribution in [0.15, 0.2) is 33.5 Å². The number of nitrogens with zero attached hydrogens (tertiary/aromatic N) is 1. The van der Waals surface area contributed by atoms with E-state index >= 15 is 0 Å². The molecule has 0 radical (unpaired) electrons. The van der Waals surface area contributed by atoms with Crippen LogP contribution in [0.5, 0.6) is 0 Å². The van der Waals surface area contributed by atoms with Gasteiger partial charge in [0.25, 0.3) is 0 Å². The quantitative estimate of drug-likeness (QED) is 0.813. The summed E-state index contributed by atoms with van der Waals surface area (Å²) in [6.07, 6.45) is 4.99. The Morgan fingerprint density at radius 3 is 2.62 bits per heavy atom. The van der Waals surface area contributed by atoms with Gasteiger partial charge < -0.3 is 14.6 Å². The molecule has 1 aromatic carbocycles. The smallest absolute Gasteiger partial charge is 0.338 e. The van der Waals surface area contributed by atoms with Gasteiger partial charge >= 0.3 is 5.63 Å². The molecule has 1 aromatic heterocycles. The lowest BCUT2D eigenvalue weighted by Crippen LogP contribution is -2.30. The van der Waals surface area contributed by atoms with Crippen LogP contribution in [0.2, 0.25) is 0 Å². The van der Waals surface area contributed by atoms with Gasteiger partial charge in [-0.1, -0.05) is 19.8 Å². The second kappa shape index (κ2) is 7.29. The highest BCUT2D eigenvalue weighted by molar-refractivity contribution is 5.91. The van der Waals surface area contributed by atoms with Gasteiger partial charge in [-0.2, -0.15) is 0 Å². The molecule has 1 N–H and O–H groups in total. The molecule has 2 atom stereocenters. The number of rotatable bonds is 5. The third kappa shape index (κ3) is 3.42. The molecule has 0 spiro atoms. The van der Waals surface area contributed by atoms with E-state index in [1.54, 1.807) is 6.07 Å². The van der Waals surface area contributed by atoms with Gasteiger partial charge in [-0.05, 0) is 44.7 Å². The first-order valence-electron chi connectivity index (χ1n) is 9.21. The van der Waals surface area contributed by atoms with Crippen molar-refractivity contribution < 1.29 is 4.42 Å². The van der Waals surface area contributed by atoms with Gasteiger partial charge in [0.05, 0.1) is 5.69 Å². The Morgan fingerprint density at radius 1 is 1.17 bits per heavy atom. The summed E-state index contributed by atoms with van der Waals surface area (Å²) in [4.78, 5) is 14.3. The Hall–Kier alpha value is -1.97. The maximum absolute atomic E-state index is 12.0. The molecule has 0 saturated heterocycles. The third-order valence-electron chi connectivity index (χ3n) is 5.31. The first-order valence-corrected chi connectivity index (χ1v) is 9.21. The molecule has 3 rings (SSSR count). The summed E-state index contributed by atoms with van der Waals surface area (Å²) in [5.41, 5.74) is 2.38. The number of fused-ring (bicyclic) bond motifs is 1. The van der Waals surface area contributed by atoms with Crippen molar-refractivity contribution in [2.75, 3.05) is 23.3 Å². The van der Waals surface area contributed by atoms with Crippen molar-refractivity contribution in [3.05, 3.63) is 34.7 Å². The van der Waals surface area contributed by atoms with Gasteiger partial charge in [-0.15, -0.1) is 0 Å². The van der Waals surface area contributed by atoms with Crippen molar-refractivity contribution in [3.8, 4) is 0 Å². The summed E-state index contributed by atoms with van der Waals surface area (Å²) in [7, 11) is 0. The molecule has 130 valence electrons. The molecule has 0 unspecified atom stereocenters. The monoisotopic (exact) mass is 328 g/mol. The largest absolute Gasteiger partial charge is 0.423 e. The van der Waals surface area contributed by atoms with Crippen LogP contribution in [0.1, 0.15) is 46.5 Å². The predicted octanol–water partition coefficient (Wildman–Crippen LogP) is 4.63. The van der Waals surface area contributed by atoms with Crippen LogP contribution in [0, 0.1) is 5.92 Å². The lowest BCUT2D eigenvalue weighted by molar-refractivity contribution is 0.349. The number of anilines is 2. The summed E-state index contributed by atoms with van der Waals surface area (Å²) in [5, 5.41) is 4.61. The van der Waals surface area contributed by atoms with Gasteiger partial charge in [0, 0.05) is 42.3 Å². The SMILES string of the molecule is CCN(CC)c1ccc2c(N[C@@H]3CCCC[C@H]3C)cc(=O)oc2c1. The van der Waals surface area contributed by atoms with Crippen LogP contribution in [0.3, 0.4) is 0 Å². The highest BCUT2D eigenvalue weighted by Crippen LogP contribution is 2.31. The Balaban J connectivity index is 1.97. The zero-order valence-corrected chi connectivity index (χ0v) is 15.0. The maximum Gasteiger partial charge on any atom is 0.338 e. The molecular formula is C20H28N2O2. The second-order valence-electron chi connectivity index (χ2n) is 6.84. The predicted molar refractivity (Wildman–Crippen MR) is 101 cm³/mol. The van der Waals surface area contributed by atoms with Crippen molar-refractivity contribution in [3.63, 3.8) is 0 Å². The fourth-order valence-electron chi connectivity index (χ4n) is 3.79. The summed E-state index contributed by atoms with van der Waals surface area (Å²) >= 11 is 0. The van der Waals surface area contributed by atoms with Crippen LogP contribution < -0.4 is 15.8 Å². The van der Waals surface area contributed by atoms with Gasteiger partial charge in [-0.3, -0.25) is 0 Å². The molecule has 24 heavy (non-hydrogen) atoms. The van der Waals surface area contributed by atoms with Crippen LogP contribution >= 0.6 is 0 Å². The Labute approximate surface area is 143 Å². The molecule has 0 aliphatic heterocycles. The van der Waals surface area contributed by atoms with Crippen LogP contribution in [-0.2, 0) is 0 Å². The number of nitrogens with one attached hydrogen (secondary N) is 1. The van der Waals surface area contributed by atoms with E-state index in [0.717, 1.165) is 29.9 Å². The minimum Gasteiger partial charge on any atom is -0.423 e. The fourth-order valence-corrected chi connectivity index (χ4v) is 3.79. The Bertz CT molecular complexity index is 749. The van der Waals surface area contributed by atoms with Gasteiger partial charge in [-0.25, -0.2) is 4.79 Å². The minimum atomic E-state index is -0.287. The van der Waals surface area contributed by atoms with E-state index in [1.165, 1.54) is 25.7 Å². The van der Waals surface area contributed by atoms with Crippen LogP contribution in [0.25, 0.3) is 11.0 Å². The van der Waals surface area contributed by atoms with E-state index in [2.05, 4.69) is 43.1 Å². The normalized spacial score (nSPS) is 21.0. The average molecular weight is 328 g/mol. The van der Waals surface area contributed by atoms with E-state index < -0.39 is 0 Å². The minimum absolute atomic E-state index is 0.287. The number of hydrogen-bond acceptors (Lipinski definition) is 4. The Kier molecular flexibility index (Phi) is 5.12. The van der Waals surface area contributed by atoms with Crippen LogP contribution in [-0.4, -0.2) is 19.1 Å². The lowest BCUT2D eigenvalue weighted by atomic mass is 9.86. The molecule has 1 saturated carbocycles. The number of benzene rings is 1. The maximum atomic E-state index is 12.0. The molecular weight excluding hydrogens is 300 g/mol. The summed E-state index contributed by atoms with van der Waals surface area (Å²) in [6, 6.07) is 8.21. The molecule has 4 nitrogen and oxygen atoms in total. The van der Waals surface area contributed by atoms with Crippen molar-refractivity contribution in [2.45, 2.75) is 52.5 Å². The standard InChI is InChI=1S/C20H28N2O2/c1-4-22(5-2)15-10-11-16-18(13-20(23)24-19(16)12-15)21-17-9-7-6-8-14(17)3/h10-14,17,21H,4-9H2,1-3H3/t14-,17-/m1/s1. The van der Waals surface area contributed by atoms with Crippen molar-refractivity contribution in [1.29, 1.82) is 0 Å². The topological polar surface area (TPSA) is 45.5 Å². The zero-order valence-electron chi connectivity index (χ0n) is 15.0. The average Bonchev–Trinajstić information content (AvgIpc) is 2.57. The summed E-state index contributed by atoms with van der Waals surface area (Å²) in [6.45, 7) is 8.43. The number of hydrogen-bond donors (Lipinski definition) is 1. The van der Waals surface area contributed by atoms with Crippen molar-refractivity contribution in [2.24, 2.45) is 5.92 Å². The van der Waals surface area contributed by atoms with E-state index in [4.69, 9.17) is 4.42 Å². The van der Waals surface area contributed by atoms with Crippen LogP contribution in [0.4, 0.5) is 11.4 Å². The van der Waals surface area contributed by atoms with Gasteiger partial charge in [0.15, 0.2) is 0 Å². The highest BCUT2D eigenvalue weighted by atomic mass is 16.4.